The maximum atomic E-state index is 6.02. The van der Waals surface area contributed by atoms with Crippen molar-refractivity contribution in [3.63, 3.8) is 0 Å². The number of aromatic nitrogens is 4. The molecule has 2 atom stereocenters. The molecule has 0 radical (unpaired) electrons. The van der Waals surface area contributed by atoms with Gasteiger partial charge in [-0.3, -0.25) is 4.68 Å². The van der Waals surface area contributed by atoms with Crippen LogP contribution in [0.1, 0.15) is 57.1 Å². The predicted molar refractivity (Wildman–Crippen MR) is 87.0 cm³/mol. The van der Waals surface area contributed by atoms with Gasteiger partial charge in [0.2, 0.25) is 0 Å². The van der Waals surface area contributed by atoms with Crippen molar-refractivity contribution in [3.8, 4) is 0 Å². The molecule has 2 aromatic rings. The normalized spacial score (nSPS) is 23.0. The zero-order valence-corrected chi connectivity index (χ0v) is 14.0. The maximum absolute atomic E-state index is 6.02. The lowest BCUT2D eigenvalue weighted by atomic mass is 9.85. The van der Waals surface area contributed by atoms with Crippen molar-refractivity contribution >= 4 is 22.8 Å². The zero-order valence-electron chi connectivity index (χ0n) is 13.3. The fraction of sp³-hybridized carbons (Fsp3) is 0.750. The Morgan fingerprint density at radius 2 is 2.05 bits per heavy atom. The van der Waals surface area contributed by atoms with Gasteiger partial charge in [-0.15, -0.1) is 11.6 Å². The summed E-state index contributed by atoms with van der Waals surface area (Å²) in [5.41, 5.74) is 3.37. The summed E-state index contributed by atoms with van der Waals surface area (Å²) in [5, 5.41) is 4.65. The molecule has 0 aliphatic heterocycles. The molecule has 5 heteroatoms. The van der Waals surface area contributed by atoms with Gasteiger partial charge >= 0.3 is 0 Å². The lowest BCUT2D eigenvalue weighted by molar-refractivity contribution is 0.255. The summed E-state index contributed by atoms with van der Waals surface area (Å²) < 4.78 is 4.47. The minimum Gasteiger partial charge on any atom is -0.309 e. The van der Waals surface area contributed by atoms with Crippen molar-refractivity contribution < 1.29 is 0 Å². The first-order chi connectivity index (χ1) is 10.2. The molecular formula is C16H25ClN4. The third-order valence-electron chi connectivity index (χ3n) is 4.86. The van der Waals surface area contributed by atoms with Gasteiger partial charge in [-0.1, -0.05) is 26.7 Å². The molecule has 1 aliphatic rings. The third kappa shape index (κ3) is 2.48. The van der Waals surface area contributed by atoms with Crippen molar-refractivity contribution in [2.75, 3.05) is 5.88 Å². The standard InChI is InChI=1S/C16H25ClN4/c1-4-12-15-16(20(3)19-12)21(14(18-15)9-10-17)13-8-6-5-7-11(13)2/h11,13H,4-10H2,1-3H3. The van der Waals surface area contributed by atoms with Crippen LogP contribution in [-0.2, 0) is 19.9 Å². The Morgan fingerprint density at radius 3 is 2.71 bits per heavy atom. The molecule has 2 heterocycles. The first-order valence-electron chi connectivity index (χ1n) is 8.16. The van der Waals surface area contributed by atoms with Gasteiger partial charge < -0.3 is 4.57 Å². The molecule has 0 spiro atoms. The van der Waals surface area contributed by atoms with E-state index in [0.29, 0.717) is 17.8 Å². The average molecular weight is 309 g/mol. The summed E-state index contributed by atoms with van der Waals surface area (Å²) in [4.78, 5) is 4.90. The van der Waals surface area contributed by atoms with Crippen LogP contribution in [0.25, 0.3) is 11.2 Å². The van der Waals surface area contributed by atoms with Crippen molar-refractivity contribution in [2.45, 2.75) is 58.4 Å². The number of alkyl halides is 1. The second-order valence-electron chi connectivity index (χ2n) is 6.26. The number of hydrogen-bond acceptors (Lipinski definition) is 2. The van der Waals surface area contributed by atoms with E-state index in [0.717, 1.165) is 29.9 Å². The first kappa shape index (κ1) is 14.9. The Morgan fingerprint density at radius 1 is 1.29 bits per heavy atom. The van der Waals surface area contributed by atoms with Gasteiger partial charge in [-0.2, -0.15) is 5.10 Å². The van der Waals surface area contributed by atoms with E-state index in [4.69, 9.17) is 16.6 Å². The smallest absolute Gasteiger partial charge is 0.158 e. The second kappa shape index (κ2) is 5.99. The SMILES string of the molecule is CCc1nn(C)c2c1nc(CCCl)n2C1CCCCC1C. The Hall–Kier alpha value is -1.03. The fourth-order valence-electron chi connectivity index (χ4n) is 3.78. The van der Waals surface area contributed by atoms with Crippen molar-refractivity contribution in [2.24, 2.45) is 13.0 Å². The van der Waals surface area contributed by atoms with E-state index in [1.54, 1.807) is 0 Å². The van der Waals surface area contributed by atoms with Gasteiger partial charge in [0.25, 0.3) is 0 Å². The Labute approximate surface area is 131 Å². The molecule has 0 aromatic carbocycles. The number of rotatable bonds is 4. The van der Waals surface area contributed by atoms with Crippen molar-refractivity contribution in [1.82, 2.24) is 19.3 Å². The van der Waals surface area contributed by atoms with Crippen LogP contribution in [0.4, 0.5) is 0 Å². The minimum atomic E-state index is 0.544. The molecule has 1 aliphatic carbocycles. The first-order valence-corrected chi connectivity index (χ1v) is 8.69. The molecule has 0 amide bonds. The molecule has 0 bridgehead atoms. The number of imidazole rings is 1. The molecule has 4 nitrogen and oxygen atoms in total. The van der Waals surface area contributed by atoms with Crippen LogP contribution < -0.4 is 0 Å². The molecule has 0 saturated heterocycles. The quantitative estimate of drug-likeness (QED) is 0.804. The molecular weight excluding hydrogens is 284 g/mol. The number of halogens is 1. The average Bonchev–Trinajstić information content (AvgIpc) is 2.98. The lowest BCUT2D eigenvalue weighted by Gasteiger charge is -2.31. The zero-order chi connectivity index (χ0) is 15.0. The molecule has 2 unspecified atom stereocenters. The van der Waals surface area contributed by atoms with Crippen LogP contribution >= 0.6 is 11.6 Å². The molecule has 1 saturated carbocycles. The number of aryl methyl sites for hydroxylation is 3. The summed E-state index contributed by atoms with van der Waals surface area (Å²) >= 11 is 6.02. The summed E-state index contributed by atoms with van der Waals surface area (Å²) in [6, 6.07) is 0.544. The van der Waals surface area contributed by atoms with Gasteiger partial charge in [-0.25, -0.2) is 4.98 Å². The van der Waals surface area contributed by atoms with E-state index in [-0.39, 0.29) is 0 Å². The third-order valence-corrected chi connectivity index (χ3v) is 5.05. The van der Waals surface area contributed by atoms with Gasteiger partial charge in [0.15, 0.2) is 5.65 Å². The Balaban J connectivity index is 2.17. The van der Waals surface area contributed by atoms with Crippen LogP contribution in [0.15, 0.2) is 0 Å². The van der Waals surface area contributed by atoms with Crippen LogP contribution in [0.2, 0.25) is 0 Å². The molecule has 116 valence electrons. The summed E-state index contributed by atoms with van der Waals surface area (Å²) in [6.45, 7) is 4.52. The number of hydrogen-bond donors (Lipinski definition) is 0. The largest absolute Gasteiger partial charge is 0.309 e. The van der Waals surface area contributed by atoms with E-state index < -0.39 is 0 Å². The van der Waals surface area contributed by atoms with Crippen LogP contribution in [-0.4, -0.2) is 25.2 Å². The van der Waals surface area contributed by atoms with E-state index in [1.165, 1.54) is 31.3 Å². The monoisotopic (exact) mass is 308 g/mol. The highest BCUT2D eigenvalue weighted by molar-refractivity contribution is 6.17. The Kier molecular flexibility index (Phi) is 4.25. The summed E-state index contributed by atoms with van der Waals surface area (Å²) in [5.74, 6) is 2.46. The molecule has 2 aromatic heterocycles. The lowest BCUT2D eigenvalue weighted by Crippen LogP contribution is -2.24. The van der Waals surface area contributed by atoms with Crippen molar-refractivity contribution in [3.05, 3.63) is 11.5 Å². The predicted octanol–water partition coefficient (Wildman–Crippen LogP) is 3.86. The summed E-state index contributed by atoms with van der Waals surface area (Å²) in [6.07, 6.45) is 6.98. The van der Waals surface area contributed by atoms with Crippen LogP contribution in [0.5, 0.6) is 0 Å². The Bertz CT molecular complexity index is 628. The fourth-order valence-corrected chi connectivity index (χ4v) is 3.94. The summed E-state index contributed by atoms with van der Waals surface area (Å²) in [7, 11) is 2.04. The maximum Gasteiger partial charge on any atom is 0.158 e. The van der Waals surface area contributed by atoms with E-state index in [2.05, 4.69) is 23.5 Å². The molecule has 3 rings (SSSR count). The second-order valence-corrected chi connectivity index (χ2v) is 6.64. The molecule has 21 heavy (non-hydrogen) atoms. The topological polar surface area (TPSA) is 35.6 Å². The highest BCUT2D eigenvalue weighted by Crippen LogP contribution is 2.37. The van der Waals surface area contributed by atoms with E-state index in [9.17, 15) is 0 Å². The minimum absolute atomic E-state index is 0.544. The van der Waals surface area contributed by atoms with Crippen LogP contribution in [0, 0.1) is 5.92 Å². The molecule has 1 fully saturated rings. The van der Waals surface area contributed by atoms with Gasteiger partial charge in [0.05, 0.1) is 5.69 Å². The van der Waals surface area contributed by atoms with E-state index in [1.807, 2.05) is 11.7 Å². The highest BCUT2D eigenvalue weighted by atomic mass is 35.5. The highest BCUT2D eigenvalue weighted by Gasteiger charge is 2.29. The molecule has 0 N–H and O–H groups in total. The van der Waals surface area contributed by atoms with Gasteiger partial charge in [-0.05, 0) is 25.2 Å². The van der Waals surface area contributed by atoms with E-state index >= 15 is 0 Å². The van der Waals surface area contributed by atoms with Crippen molar-refractivity contribution in [1.29, 1.82) is 0 Å². The van der Waals surface area contributed by atoms with Gasteiger partial charge in [0, 0.05) is 25.4 Å². The van der Waals surface area contributed by atoms with Crippen LogP contribution in [0.3, 0.4) is 0 Å². The van der Waals surface area contributed by atoms with Gasteiger partial charge in [0.1, 0.15) is 11.3 Å². The number of fused-ring (bicyclic) bond motifs is 1. The number of nitrogens with zero attached hydrogens (tertiary/aromatic N) is 4.